The summed E-state index contributed by atoms with van der Waals surface area (Å²) in [6.07, 6.45) is 0. The molecule has 0 bridgehead atoms. The number of hydrogen-bond acceptors (Lipinski definition) is 0. The Morgan fingerprint density at radius 1 is 1.00 bits per heavy atom. The van der Waals surface area contributed by atoms with Crippen molar-refractivity contribution in [1.82, 2.24) is 0 Å². The van der Waals surface area contributed by atoms with Gasteiger partial charge in [-0.25, -0.2) is 0 Å². The average Bonchev–Trinajstić information content (AvgIpc) is 0. The molecule has 0 spiro atoms. The van der Waals surface area contributed by atoms with Gasteiger partial charge in [-0.2, -0.15) is 0 Å². The van der Waals surface area contributed by atoms with E-state index in [1.165, 1.54) is 0 Å². The fourth-order valence-electron chi connectivity index (χ4n) is 0. The summed E-state index contributed by atoms with van der Waals surface area (Å²) in [5, 5.41) is 0. The second kappa shape index (κ2) is 17.0. The molecule has 0 atom stereocenters. The molecule has 4 heteroatoms. The van der Waals surface area contributed by atoms with Crippen molar-refractivity contribution in [3.8, 4) is 0 Å². The molecule has 0 rings (SSSR count). The van der Waals surface area contributed by atoms with Crippen LogP contribution in [0.3, 0.4) is 0 Å². The van der Waals surface area contributed by atoms with Gasteiger partial charge in [0, 0.05) is 87.5 Å². The third kappa shape index (κ3) is 8.85. The van der Waals surface area contributed by atoms with Gasteiger partial charge in [0.25, 0.3) is 0 Å². The summed E-state index contributed by atoms with van der Waals surface area (Å²) in [7, 11) is 0. The summed E-state index contributed by atoms with van der Waals surface area (Å²) in [5.41, 5.74) is 0. The van der Waals surface area contributed by atoms with Crippen molar-refractivity contribution in [3.05, 3.63) is 0 Å². The minimum Gasteiger partial charge on any atom is 0 e. The van der Waals surface area contributed by atoms with Gasteiger partial charge in [-0.15, -0.1) is 0 Å². The van der Waals surface area contributed by atoms with Gasteiger partial charge in [0.2, 0.25) is 0 Å². The zero-order valence-corrected chi connectivity index (χ0v) is 7.79. The molecule has 4 heavy (non-hydrogen) atoms. The second-order valence-electron chi connectivity index (χ2n) is 0. The molecule has 0 unspecified atom stereocenters. The summed E-state index contributed by atoms with van der Waals surface area (Å²) in [6, 6.07) is 0. The van der Waals surface area contributed by atoms with Gasteiger partial charge < -0.3 is 0 Å². The normalized spacial score (nSPS) is 0. The van der Waals surface area contributed by atoms with Crippen LogP contribution in [-0.4, -0.2) is 65.8 Å². The van der Waals surface area contributed by atoms with Gasteiger partial charge in [0.1, 0.15) is 0 Å². The second-order valence-corrected chi connectivity index (χ2v) is 0. The van der Waals surface area contributed by atoms with Crippen LogP contribution in [0.1, 0.15) is 0 Å². The molecule has 0 N–H and O–H groups in total. The summed E-state index contributed by atoms with van der Waals surface area (Å²) in [5.74, 6) is 0. The van der Waals surface area contributed by atoms with Crippen molar-refractivity contribution in [2.24, 2.45) is 0 Å². The monoisotopic (exact) mass is 105 g/mol. The SMILES string of the molecule is [Al].[Li].[Na].[Ti]. The molecule has 5 radical (unpaired) electrons. The molecule has 9 valence electrons. The molecule has 0 aromatic carbocycles. The van der Waals surface area contributed by atoms with Gasteiger partial charge in [-0.1, -0.05) is 0 Å². The van der Waals surface area contributed by atoms with E-state index < -0.39 is 0 Å². The first-order valence-electron chi connectivity index (χ1n) is 0. The third-order valence-corrected chi connectivity index (χ3v) is 0. The van der Waals surface area contributed by atoms with E-state index in [-0.39, 0.29) is 87.5 Å². The number of hydrogen-bond donors (Lipinski definition) is 0. The Hall–Kier alpha value is 2.84. The Balaban J connectivity index is 0. The first kappa shape index (κ1) is 28.9. The maximum absolute atomic E-state index is 0. The van der Waals surface area contributed by atoms with Crippen LogP contribution in [0.4, 0.5) is 0 Å². The molecule has 0 heterocycles. The molecule has 0 fully saturated rings. The van der Waals surface area contributed by atoms with Crippen LogP contribution in [0.15, 0.2) is 0 Å². The third-order valence-electron chi connectivity index (χ3n) is 0. The molecular formula is AlLiNaTi. The Kier molecular flexibility index (Phi) is 122. The smallest absolute Gasteiger partial charge is 0 e. The Morgan fingerprint density at radius 3 is 1.00 bits per heavy atom. The predicted molar refractivity (Wildman–Crippen MR) is 17.3 cm³/mol. The molecule has 0 amide bonds. The van der Waals surface area contributed by atoms with E-state index in [1.54, 1.807) is 0 Å². The zero-order valence-electron chi connectivity index (χ0n) is 3.08. The number of rotatable bonds is 0. The van der Waals surface area contributed by atoms with Crippen molar-refractivity contribution in [2.45, 2.75) is 0 Å². The minimum atomic E-state index is 0. The largest absolute Gasteiger partial charge is 0 e. The predicted octanol–water partition coefficient (Wildman–Crippen LogP) is -1.14. The maximum atomic E-state index is 0. The maximum Gasteiger partial charge on any atom is 0 e. The fraction of sp³-hybridized carbons (Fsp3) is 0. The van der Waals surface area contributed by atoms with E-state index >= 15 is 0 Å². The molecule has 0 aliphatic heterocycles. The molecule has 0 nitrogen and oxygen atoms in total. The van der Waals surface area contributed by atoms with Crippen molar-refractivity contribution >= 4 is 65.8 Å². The van der Waals surface area contributed by atoms with Crippen LogP contribution in [0.5, 0.6) is 0 Å². The summed E-state index contributed by atoms with van der Waals surface area (Å²) < 4.78 is 0. The van der Waals surface area contributed by atoms with Crippen molar-refractivity contribution < 1.29 is 21.7 Å². The zero-order chi connectivity index (χ0) is 0. The van der Waals surface area contributed by atoms with E-state index in [0.717, 1.165) is 0 Å². The van der Waals surface area contributed by atoms with Crippen LogP contribution < -0.4 is 0 Å². The molecule has 0 aliphatic rings. The van der Waals surface area contributed by atoms with Gasteiger partial charge in [-0.3, -0.25) is 0 Å². The van der Waals surface area contributed by atoms with Crippen LogP contribution >= 0.6 is 0 Å². The molecule has 0 aromatic rings. The van der Waals surface area contributed by atoms with Gasteiger partial charge in [0.15, 0.2) is 0 Å². The van der Waals surface area contributed by atoms with Crippen LogP contribution in [0, 0.1) is 0 Å². The van der Waals surface area contributed by atoms with E-state index in [9.17, 15) is 0 Å². The van der Waals surface area contributed by atoms with E-state index in [2.05, 4.69) is 0 Å². The molecule has 0 saturated heterocycles. The van der Waals surface area contributed by atoms with Crippen molar-refractivity contribution in [2.75, 3.05) is 0 Å². The van der Waals surface area contributed by atoms with Crippen LogP contribution in [0.2, 0.25) is 0 Å². The minimum absolute atomic E-state index is 0. The molecule has 0 aromatic heterocycles. The summed E-state index contributed by atoms with van der Waals surface area (Å²) in [6.45, 7) is 0. The molecule has 0 aliphatic carbocycles. The van der Waals surface area contributed by atoms with E-state index in [0.29, 0.717) is 0 Å². The standard InChI is InChI=1S/Al.Li.Na.Ti. The fourth-order valence-corrected chi connectivity index (χ4v) is 0. The Labute approximate surface area is 86.0 Å². The van der Waals surface area contributed by atoms with E-state index in [4.69, 9.17) is 0 Å². The molecule has 0 saturated carbocycles. The summed E-state index contributed by atoms with van der Waals surface area (Å²) >= 11 is 0. The van der Waals surface area contributed by atoms with E-state index in [1.807, 2.05) is 0 Å². The average molecular weight is 105 g/mol. The first-order valence-corrected chi connectivity index (χ1v) is 0. The molecular weight excluding hydrogens is 105 g/mol. The van der Waals surface area contributed by atoms with Crippen molar-refractivity contribution in [1.29, 1.82) is 0 Å². The van der Waals surface area contributed by atoms with Crippen molar-refractivity contribution in [3.63, 3.8) is 0 Å². The Morgan fingerprint density at radius 2 is 1.00 bits per heavy atom. The first-order chi connectivity index (χ1) is 0. The topological polar surface area (TPSA) is 0 Å². The summed E-state index contributed by atoms with van der Waals surface area (Å²) in [4.78, 5) is 0. The van der Waals surface area contributed by atoms with Crippen LogP contribution in [0.25, 0.3) is 0 Å². The Bertz CT molecular complexity index is 8.00. The quantitative estimate of drug-likeness (QED) is 0.341. The van der Waals surface area contributed by atoms with Gasteiger partial charge >= 0.3 is 0 Å². The van der Waals surface area contributed by atoms with Gasteiger partial charge in [0.05, 0.1) is 0 Å². The van der Waals surface area contributed by atoms with Crippen LogP contribution in [-0.2, 0) is 21.7 Å². The van der Waals surface area contributed by atoms with Gasteiger partial charge in [-0.05, 0) is 0 Å².